The van der Waals surface area contributed by atoms with Crippen LogP contribution in [0.4, 0.5) is 0 Å². The minimum atomic E-state index is 0.458. The van der Waals surface area contributed by atoms with Gasteiger partial charge in [-0.05, 0) is 50.9 Å². The Bertz CT molecular complexity index is 336. The molecule has 2 heteroatoms. The number of benzene rings is 1. The summed E-state index contributed by atoms with van der Waals surface area (Å²) in [6, 6.07) is 11.3. The molecule has 18 heavy (non-hydrogen) atoms. The van der Waals surface area contributed by atoms with Gasteiger partial charge >= 0.3 is 0 Å². The lowest BCUT2D eigenvalue weighted by Gasteiger charge is -2.26. The van der Waals surface area contributed by atoms with Gasteiger partial charge in [-0.2, -0.15) is 0 Å². The summed E-state index contributed by atoms with van der Waals surface area (Å²) in [5.41, 5.74) is 1.40. The van der Waals surface area contributed by atoms with Crippen molar-refractivity contribution in [3.8, 4) is 0 Å². The predicted octanol–water partition coefficient (Wildman–Crippen LogP) is 3.07. The highest BCUT2D eigenvalue weighted by Gasteiger charge is 2.17. The molecule has 1 saturated heterocycles. The van der Waals surface area contributed by atoms with Crippen LogP contribution in [0.3, 0.4) is 0 Å². The van der Waals surface area contributed by atoms with E-state index in [-0.39, 0.29) is 0 Å². The zero-order valence-corrected chi connectivity index (χ0v) is 11.7. The van der Waals surface area contributed by atoms with E-state index in [0.717, 1.165) is 12.5 Å². The lowest BCUT2D eigenvalue weighted by atomic mass is 10.0. The molecule has 2 nitrogen and oxygen atoms in total. The van der Waals surface area contributed by atoms with E-state index < -0.39 is 0 Å². The molecule has 0 amide bonds. The number of hydrogen-bond acceptors (Lipinski definition) is 2. The maximum absolute atomic E-state index is 3.46. The van der Waals surface area contributed by atoms with Crippen molar-refractivity contribution in [3.05, 3.63) is 35.9 Å². The third kappa shape index (κ3) is 3.82. The molecule has 0 spiro atoms. The van der Waals surface area contributed by atoms with E-state index in [1.165, 1.54) is 37.9 Å². The van der Waals surface area contributed by atoms with Gasteiger partial charge in [-0.3, -0.25) is 0 Å². The molecule has 0 bridgehead atoms. The molecule has 0 radical (unpaired) electrons. The Morgan fingerprint density at radius 2 is 2.00 bits per heavy atom. The molecule has 100 valence electrons. The average molecular weight is 246 g/mol. The Balaban J connectivity index is 1.94. The van der Waals surface area contributed by atoms with E-state index in [0.29, 0.717) is 6.04 Å². The van der Waals surface area contributed by atoms with Crippen molar-refractivity contribution in [2.24, 2.45) is 5.92 Å². The van der Waals surface area contributed by atoms with Gasteiger partial charge < -0.3 is 10.2 Å². The van der Waals surface area contributed by atoms with Crippen LogP contribution in [0.5, 0.6) is 0 Å². The summed E-state index contributed by atoms with van der Waals surface area (Å²) in [5.74, 6) is 0.903. The highest BCUT2D eigenvalue weighted by molar-refractivity contribution is 5.19. The maximum Gasteiger partial charge on any atom is 0.0446 e. The van der Waals surface area contributed by atoms with Gasteiger partial charge in [0, 0.05) is 12.6 Å². The van der Waals surface area contributed by atoms with Crippen LogP contribution in [0.15, 0.2) is 30.3 Å². The van der Waals surface area contributed by atoms with Gasteiger partial charge in [0.15, 0.2) is 0 Å². The first-order chi connectivity index (χ1) is 8.79. The second-order valence-electron chi connectivity index (χ2n) is 5.59. The molecule has 1 aromatic rings. The van der Waals surface area contributed by atoms with Crippen molar-refractivity contribution in [1.29, 1.82) is 0 Å². The maximum atomic E-state index is 3.46. The molecule has 0 aliphatic carbocycles. The van der Waals surface area contributed by atoms with Crippen molar-refractivity contribution in [3.63, 3.8) is 0 Å². The van der Waals surface area contributed by atoms with Gasteiger partial charge in [0.25, 0.3) is 0 Å². The van der Waals surface area contributed by atoms with Crippen molar-refractivity contribution < 1.29 is 0 Å². The Labute approximate surface area is 111 Å². The molecule has 0 aromatic heterocycles. The third-order valence-electron chi connectivity index (χ3n) is 4.10. The normalized spacial score (nSPS) is 23.6. The first kappa shape index (κ1) is 13.6. The van der Waals surface area contributed by atoms with Gasteiger partial charge in [0.2, 0.25) is 0 Å². The fraction of sp³-hybridized carbons (Fsp3) is 0.625. The van der Waals surface area contributed by atoms with E-state index in [1.807, 2.05) is 0 Å². The lowest BCUT2D eigenvalue weighted by Crippen LogP contribution is -2.34. The number of rotatable bonds is 4. The molecule has 2 atom stereocenters. The molecule has 2 rings (SSSR count). The topological polar surface area (TPSA) is 15.3 Å². The summed E-state index contributed by atoms with van der Waals surface area (Å²) >= 11 is 0. The van der Waals surface area contributed by atoms with Crippen LogP contribution in [0.25, 0.3) is 0 Å². The number of likely N-dealkylation sites (tertiary alicyclic amines) is 1. The summed E-state index contributed by atoms with van der Waals surface area (Å²) in [7, 11) is 2.07. The van der Waals surface area contributed by atoms with Gasteiger partial charge in [-0.25, -0.2) is 0 Å². The van der Waals surface area contributed by atoms with Crippen molar-refractivity contribution >= 4 is 0 Å². The molecular formula is C16H26N2. The summed E-state index contributed by atoms with van der Waals surface area (Å²) in [4.78, 5) is 2.62. The van der Waals surface area contributed by atoms with E-state index in [2.05, 4.69) is 54.5 Å². The molecule has 1 aromatic carbocycles. The minimum Gasteiger partial charge on any atom is -0.312 e. The number of likely N-dealkylation sites (N-methyl/N-ethyl adjacent to an activating group) is 1. The van der Waals surface area contributed by atoms with E-state index in [1.54, 1.807) is 0 Å². The molecule has 0 saturated carbocycles. The van der Waals surface area contributed by atoms with Crippen LogP contribution < -0.4 is 5.32 Å². The highest BCUT2D eigenvalue weighted by Crippen LogP contribution is 2.19. The van der Waals surface area contributed by atoms with Gasteiger partial charge in [0.05, 0.1) is 0 Å². The molecule has 2 unspecified atom stereocenters. The van der Waals surface area contributed by atoms with Crippen LogP contribution in [0, 0.1) is 5.92 Å². The van der Waals surface area contributed by atoms with Crippen LogP contribution in [-0.4, -0.2) is 31.6 Å². The van der Waals surface area contributed by atoms with Crippen molar-refractivity contribution in [1.82, 2.24) is 10.2 Å². The molecule has 1 heterocycles. The third-order valence-corrected chi connectivity index (χ3v) is 4.10. The van der Waals surface area contributed by atoms with Gasteiger partial charge in [0.1, 0.15) is 0 Å². The zero-order chi connectivity index (χ0) is 12.8. The van der Waals surface area contributed by atoms with Crippen LogP contribution in [0.1, 0.15) is 37.8 Å². The second kappa shape index (κ2) is 6.91. The lowest BCUT2D eigenvalue weighted by molar-refractivity contribution is 0.253. The highest BCUT2D eigenvalue weighted by atomic mass is 15.1. The zero-order valence-electron chi connectivity index (χ0n) is 11.7. The van der Waals surface area contributed by atoms with Crippen LogP contribution >= 0.6 is 0 Å². The molecule has 1 aliphatic rings. The standard InChI is InChI=1S/C16H26N2/c1-14-7-6-11-18(12-10-14)13-16(17-2)15-8-4-3-5-9-15/h3-5,8-9,14,16-17H,6-7,10-13H2,1-2H3. The summed E-state index contributed by atoms with van der Waals surface area (Å²) in [5, 5.41) is 3.46. The molecular weight excluding hydrogens is 220 g/mol. The van der Waals surface area contributed by atoms with E-state index in [4.69, 9.17) is 0 Å². The summed E-state index contributed by atoms with van der Waals surface area (Å²) in [6.07, 6.45) is 4.10. The fourth-order valence-corrected chi connectivity index (χ4v) is 2.81. The number of hydrogen-bond donors (Lipinski definition) is 1. The van der Waals surface area contributed by atoms with E-state index in [9.17, 15) is 0 Å². The van der Waals surface area contributed by atoms with Crippen molar-refractivity contribution in [2.45, 2.75) is 32.2 Å². The minimum absolute atomic E-state index is 0.458. The Morgan fingerprint density at radius 3 is 2.72 bits per heavy atom. The molecule has 1 N–H and O–H groups in total. The van der Waals surface area contributed by atoms with Gasteiger partial charge in [-0.1, -0.05) is 37.3 Å². The Hall–Kier alpha value is -0.860. The fourth-order valence-electron chi connectivity index (χ4n) is 2.81. The van der Waals surface area contributed by atoms with E-state index >= 15 is 0 Å². The van der Waals surface area contributed by atoms with Crippen molar-refractivity contribution in [2.75, 3.05) is 26.7 Å². The SMILES string of the molecule is CNC(CN1CCCC(C)CC1)c1ccccc1. The van der Waals surface area contributed by atoms with Crippen LogP contribution in [0.2, 0.25) is 0 Å². The number of nitrogens with zero attached hydrogens (tertiary/aromatic N) is 1. The largest absolute Gasteiger partial charge is 0.312 e. The Morgan fingerprint density at radius 1 is 1.22 bits per heavy atom. The molecule has 1 fully saturated rings. The number of nitrogens with one attached hydrogen (secondary N) is 1. The first-order valence-corrected chi connectivity index (χ1v) is 7.24. The second-order valence-corrected chi connectivity index (χ2v) is 5.59. The van der Waals surface area contributed by atoms with Gasteiger partial charge in [-0.15, -0.1) is 0 Å². The molecule has 1 aliphatic heterocycles. The Kier molecular flexibility index (Phi) is 5.21. The first-order valence-electron chi connectivity index (χ1n) is 7.24. The predicted molar refractivity (Wildman–Crippen MR) is 77.7 cm³/mol. The summed E-state index contributed by atoms with van der Waals surface area (Å²) in [6.45, 7) is 6.03. The monoisotopic (exact) mass is 246 g/mol. The quantitative estimate of drug-likeness (QED) is 0.878. The van der Waals surface area contributed by atoms with Crippen LogP contribution in [-0.2, 0) is 0 Å². The summed E-state index contributed by atoms with van der Waals surface area (Å²) < 4.78 is 0. The smallest absolute Gasteiger partial charge is 0.0446 e. The average Bonchev–Trinajstić information content (AvgIpc) is 2.62.